The second-order valence-corrected chi connectivity index (χ2v) is 18.7. The summed E-state index contributed by atoms with van der Waals surface area (Å²) in [7, 11) is -1.89. The van der Waals surface area contributed by atoms with Gasteiger partial charge in [-0.2, -0.15) is 0 Å². The van der Waals surface area contributed by atoms with Crippen LogP contribution in [0.5, 0.6) is 11.5 Å². The van der Waals surface area contributed by atoms with Crippen molar-refractivity contribution < 1.29 is 19.1 Å². The van der Waals surface area contributed by atoms with Gasteiger partial charge in [0.1, 0.15) is 17.1 Å². The largest absolute Gasteiger partial charge is 0.507 e. The normalized spacial score (nSPS) is 34.9. The van der Waals surface area contributed by atoms with E-state index in [2.05, 4.69) is 61.6 Å². The number of aromatic hydroxyl groups is 1. The van der Waals surface area contributed by atoms with Crippen molar-refractivity contribution in [3.05, 3.63) is 22.8 Å². The molecule has 0 unspecified atom stereocenters. The molecule has 190 valence electrons. The summed E-state index contributed by atoms with van der Waals surface area (Å²) < 4.78 is 14.0. The highest BCUT2D eigenvalue weighted by atomic mass is 28.4. The fourth-order valence-electron chi connectivity index (χ4n) is 7.50. The minimum absolute atomic E-state index is 0.0275. The van der Waals surface area contributed by atoms with Crippen molar-refractivity contribution in [1.29, 1.82) is 0 Å². The Kier molecular flexibility index (Phi) is 5.93. The zero-order valence-corrected chi connectivity index (χ0v) is 24.1. The number of carbonyl (C=O) groups excluding carboxylic acids is 1. The van der Waals surface area contributed by atoms with E-state index in [4.69, 9.17) is 9.16 Å². The molecule has 5 heteroatoms. The minimum atomic E-state index is -1.89. The summed E-state index contributed by atoms with van der Waals surface area (Å²) in [6.45, 7) is 23.2. The third kappa shape index (κ3) is 3.43. The van der Waals surface area contributed by atoms with Gasteiger partial charge in [0, 0.05) is 17.4 Å². The van der Waals surface area contributed by atoms with Gasteiger partial charge in [-0.1, -0.05) is 48.5 Å². The second kappa shape index (κ2) is 7.83. The maximum atomic E-state index is 11.7. The molecule has 5 atom stereocenters. The average Bonchev–Trinajstić information content (AvgIpc) is 3.09. The number of aryl methyl sites for hydroxylation is 1. The lowest BCUT2D eigenvalue weighted by Crippen LogP contribution is -2.67. The Labute approximate surface area is 207 Å². The Hall–Kier alpha value is -1.33. The third-order valence-corrected chi connectivity index (χ3v) is 15.3. The number of hydrogen-bond donors (Lipinski definition) is 1. The summed E-state index contributed by atoms with van der Waals surface area (Å²) in [6, 6.07) is 1.96. The maximum absolute atomic E-state index is 11.7. The van der Waals surface area contributed by atoms with Crippen LogP contribution < -0.4 is 4.74 Å². The van der Waals surface area contributed by atoms with Crippen LogP contribution in [0.2, 0.25) is 18.1 Å². The van der Waals surface area contributed by atoms with E-state index in [1.54, 1.807) is 0 Å². The molecule has 4 nitrogen and oxygen atoms in total. The van der Waals surface area contributed by atoms with Crippen molar-refractivity contribution in [3.63, 3.8) is 0 Å². The summed E-state index contributed by atoms with van der Waals surface area (Å²) in [4.78, 5) is 11.7. The van der Waals surface area contributed by atoms with Crippen LogP contribution in [0.4, 0.5) is 0 Å². The molecule has 1 N–H and O–H groups in total. The van der Waals surface area contributed by atoms with Crippen molar-refractivity contribution >= 4 is 14.6 Å². The average molecular weight is 487 g/mol. The smallest absolute Gasteiger partial charge is 0.192 e. The Bertz CT molecular complexity index is 991. The molecule has 0 amide bonds. The van der Waals surface area contributed by atoms with E-state index in [-0.39, 0.29) is 33.3 Å². The molecule has 1 heterocycles. The van der Waals surface area contributed by atoms with Gasteiger partial charge in [-0.25, -0.2) is 0 Å². The molecule has 1 spiro atoms. The topological polar surface area (TPSA) is 55.8 Å². The van der Waals surface area contributed by atoms with E-state index in [0.29, 0.717) is 23.8 Å². The zero-order valence-electron chi connectivity index (χ0n) is 23.1. The van der Waals surface area contributed by atoms with Gasteiger partial charge >= 0.3 is 0 Å². The number of ether oxygens (including phenoxy) is 1. The first-order chi connectivity index (χ1) is 15.5. The number of aldehydes is 1. The molecule has 34 heavy (non-hydrogen) atoms. The van der Waals surface area contributed by atoms with E-state index in [0.717, 1.165) is 42.4 Å². The first-order valence-electron chi connectivity index (χ1n) is 13.2. The van der Waals surface area contributed by atoms with E-state index < -0.39 is 8.32 Å². The van der Waals surface area contributed by atoms with Crippen molar-refractivity contribution in [3.8, 4) is 11.5 Å². The molecule has 0 saturated heterocycles. The van der Waals surface area contributed by atoms with Crippen molar-refractivity contribution in [2.75, 3.05) is 0 Å². The number of benzene rings is 1. The van der Waals surface area contributed by atoms with E-state index in [1.807, 2.05) is 13.0 Å². The van der Waals surface area contributed by atoms with Gasteiger partial charge in [0.25, 0.3) is 0 Å². The van der Waals surface area contributed by atoms with Gasteiger partial charge in [0.15, 0.2) is 14.6 Å². The Morgan fingerprint density at radius 2 is 1.82 bits per heavy atom. The van der Waals surface area contributed by atoms with Crippen LogP contribution in [0.25, 0.3) is 0 Å². The van der Waals surface area contributed by atoms with Crippen molar-refractivity contribution in [2.24, 2.45) is 22.7 Å². The summed E-state index contributed by atoms with van der Waals surface area (Å²) >= 11 is 0. The molecule has 3 aliphatic rings. The highest BCUT2D eigenvalue weighted by molar-refractivity contribution is 6.74. The zero-order chi connectivity index (χ0) is 25.5. The number of phenols is 1. The molecule has 4 rings (SSSR count). The lowest BCUT2D eigenvalue weighted by molar-refractivity contribution is -0.208. The van der Waals surface area contributed by atoms with Crippen LogP contribution in [0.15, 0.2) is 6.07 Å². The number of carbonyl (C=O) groups is 1. The van der Waals surface area contributed by atoms with Gasteiger partial charge in [0.2, 0.25) is 0 Å². The van der Waals surface area contributed by atoms with Crippen LogP contribution >= 0.6 is 0 Å². The predicted molar refractivity (Wildman–Crippen MR) is 140 cm³/mol. The number of phenolic OH excluding ortho intramolecular Hbond substituents is 1. The van der Waals surface area contributed by atoms with Crippen molar-refractivity contribution in [2.45, 2.75) is 117 Å². The highest BCUT2D eigenvalue weighted by Crippen LogP contribution is 2.67. The molecule has 1 aliphatic heterocycles. The van der Waals surface area contributed by atoms with E-state index in [1.165, 1.54) is 6.42 Å². The summed E-state index contributed by atoms with van der Waals surface area (Å²) in [5, 5.41) is 11.2. The van der Waals surface area contributed by atoms with Crippen molar-refractivity contribution in [1.82, 2.24) is 0 Å². The van der Waals surface area contributed by atoms with Gasteiger partial charge in [-0.15, -0.1) is 0 Å². The summed E-state index contributed by atoms with van der Waals surface area (Å²) in [5.41, 5.74) is 1.61. The maximum Gasteiger partial charge on any atom is 0.192 e. The molecule has 2 fully saturated rings. The van der Waals surface area contributed by atoms with Gasteiger partial charge in [-0.3, -0.25) is 4.79 Å². The standard InChI is InChI=1S/C29H46O4Si/c1-18-15-22-20(25(31)21(18)17-30)16-29(32-22)19(2)11-12-23-27(6,7)24(13-14-28(23,29)8)33-34(9,10)26(3,4)5/h15,17,19,23-24,31H,11-14,16H2,1-10H3/t19-,23+,24+,28+,29-/m1/s1. The molecular weight excluding hydrogens is 440 g/mol. The van der Waals surface area contributed by atoms with Crippen LogP contribution in [0, 0.1) is 29.6 Å². The third-order valence-electron chi connectivity index (χ3n) is 10.8. The molecule has 0 radical (unpaired) electrons. The minimum Gasteiger partial charge on any atom is -0.507 e. The lowest BCUT2D eigenvalue weighted by Gasteiger charge is -2.65. The molecule has 0 bridgehead atoms. The molecule has 2 saturated carbocycles. The van der Waals surface area contributed by atoms with Gasteiger partial charge < -0.3 is 14.3 Å². The number of hydrogen-bond acceptors (Lipinski definition) is 4. The summed E-state index contributed by atoms with van der Waals surface area (Å²) in [5.74, 6) is 1.72. The van der Waals surface area contributed by atoms with Crippen LogP contribution in [-0.4, -0.2) is 31.4 Å². The fourth-order valence-corrected chi connectivity index (χ4v) is 8.99. The monoisotopic (exact) mass is 486 g/mol. The molecule has 1 aromatic rings. The van der Waals surface area contributed by atoms with E-state index >= 15 is 0 Å². The first-order valence-corrected chi connectivity index (χ1v) is 16.1. The fraction of sp³-hybridized carbons (Fsp3) is 0.759. The van der Waals surface area contributed by atoms with E-state index in [9.17, 15) is 9.90 Å². The quantitative estimate of drug-likeness (QED) is 0.356. The molecule has 0 aromatic heterocycles. The Morgan fingerprint density at radius 1 is 1.18 bits per heavy atom. The number of rotatable bonds is 3. The second-order valence-electron chi connectivity index (χ2n) is 13.9. The number of fused-ring (bicyclic) bond motifs is 3. The van der Waals surface area contributed by atoms with Crippen LogP contribution in [0.3, 0.4) is 0 Å². The highest BCUT2D eigenvalue weighted by Gasteiger charge is 2.67. The van der Waals surface area contributed by atoms with Crippen LogP contribution in [0.1, 0.15) is 95.6 Å². The molecule has 1 aromatic carbocycles. The summed E-state index contributed by atoms with van der Waals surface area (Å²) in [6.07, 6.45) is 6.06. The van der Waals surface area contributed by atoms with Gasteiger partial charge in [0.05, 0.1) is 11.7 Å². The molecule has 2 aliphatic carbocycles. The Balaban J connectivity index is 1.73. The first kappa shape index (κ1) is 25.8. The lowest BCUT2D eigenvalue weighted by atomic mass is 9.43. The van der Waals surface area contributed by atoms with Gasteiger partial charge in [-0.05, 0) is 79.6 Å². The predicted octanol–water partition coefficient (Wildman–Crippen LogP) is 7.45. The SMILES string of the molecule is Cc1cc2c(c(O)c1C=O)C[C@@]1(O2)[C@H](C)CC[C@H]2C(C)(C)[C@@H](O[Si](C)(C)C(C)(C)C)CC[C@@]21C. The van der Waals surface area contributed by atoms with Crippen LogP contribution in [-0.2, 0) is 10.8 Å². The molecular formula is C29H46O4Si. The Morgan fingerprint density at radius 3 is 2.41 bits per heavy atom.